The van der Waals surface area contributed by atoms with E-state index in [0.29, 0.717) is 0 Å². The van der Waals surface area contributed by atoms with Crippen molar-refractivity contribution in [2.45, 2.75) is 25.2 Å². The van der Waals surface area contributed by atoms with E-state index in [9.17, 15) is 13.6 Å². The van der Waals surface area contributed by atoms with Crippen molar-refractivity contribution in [1.29, 1.82) is 0 Å². The molecule has 0 aromatic rings. The number of aliphatic hydroxyl groups excluding tert-OH is 1. The molecule has 1 heterocycles. The lowest BCUT2D eigenvalue weighted by molar-refractivity contribution is -0.137. The highest BCUT2D eigenvalue weighted by Gasteiger charge is 2.34. The number of likely N-dealkylation sites (tertiary alicyclic amines) is 1. The SMILES string of the molecule is O=C(O)N1C[C@@H](O)C[C@H]1COC(F)F. The van der Waals surface area contributed by atoms with Gasteiger partial charge in [0.05, 0.1) is 25.3 Å². The van der Waals surface area contributed by atoms with Gasteiger partial charge in [-0.25, -0.2) is 4.79 Å². The highest BCUT2D eigenvalue weighted by Crippen LogP contribution is 2.18. The zero-order valence-corrected chi connectivity index (χ0v) is 7.27. The fourth-order valence-electron chi connectivity index (χ4n) is 1.47. The van der Waals surface area contributed by atoms with Crippen LogP contribution in [0.25, 0.3) is 0 Å². The van der Waals surface area contributed by atoms with Crippen LogP contribution in [0.15, 0.2) is 0 Å². The average molecular weight is 211 g/mol. The van der Waals surface area contributed by atoms with Crippen LogP contribution in [0.4, 0.5) is 13.6 Å². The van der Waals surface area contributed by atoms with Gasteiger partial charge in [-0.3, -0.25) is 0 Å². The molecule has 5 nitrogen and oxygen atoms in total. The molecule has 7 heteroatoms. The predicted molar refractivity (Wildman–Crippen MR) is 41.1 cm³/mol. The molecule has 1 aliphatic rings. The third kappa shape index (κ3) is 2.78. The van der Waals surface area contributed by atoms with Crippen LogP contribution < -0.4 is 0 Å². The molecule has 82 valence electrons. The summed E-state index contributed by atoms with van der Waals surface area (Å²) in [5, 5.41) is 17.8. The maximum Gasteiger partial charge on any atom is 0.407 e. The minimum Gasteiger partial charge on any atom is -0.465 e. The third-order valence-corrected chi connectivity index (χ3v) is 2.05. The second-order valence-electron chi connectivity index (χ2n) is 3.07. The molecule has 0 bridgehead atoms. The van der Waals surface area contributed by atoms with Crippen LogP contribution in [0.5, 0.6) is 0 Å². The van der Waals surface area contributed by atoms with Gasteiger partial charge in [0, 0.05) is 0 Å². The fourth-order valence-corrected chi connectivity index (χ4v) is 1.47. The molecule has 0 aliphatic carbocycles. The Kier molecular flexibility index (Phi) is 3.59. The first-order valence-corrected chi connectivity index (χ1v) is 4.08. The lowest BCUT2D eigenvalue weighted by Gasteiger charge is -2.20. The molecule has 0 radical (unpaired) electrons. The third-order valence-electron chi connectivity index (χ3n) is 2.05. The molecule has 2 atom stereocenters. The number of hydrogen-bond acceptors (Lipinski definition) is 3. The van der Waals surface area contributed by atoms with E-state index in [1.54, 1.807) is 0 Å². The Bertz CT molecular complexity index is 214. The number of β-amino-alcohol motifs (C(OH)–C–C–N with tert-alkyl or cyclic N) is 1. The van der Waals surface area contributed by atoms with E-state index in [-0.39, 0.29) is 19.6 Å². The van der Waals surface area contributed by atoms with E-state index >= 15 is 0 Å². The van der Waals surface area contributed by atoms with Crippen molar-refractivity contribution in [2.24, 2.45) is 0 Å². The van der Waals surface area contributed by atoms with E-state index in [4.69, 9.17) is 10.2 Å². The second-order valence-corrected chi connectivity index (χ2v) is 3.07. The molecule has 0 aromatic carbocycles. The van der Waals surface area contributed by atoms with E-state index in [1.165, 1.54) is 0 Å². The smallest absolute Gasteiger partial charge is 0.407 e. The average Bonchev–Trinajstić information content (AvgIpc) is 2.43. The normalized spacial score (nSPS) is 27.3. The maximum atomic E-state index is 11.7. The summed E-state index contributed by atoms with van der Waals surface area (Å²) < 4.78 is 27.3. The molecular formula is C7H11F2NO4. The Morgan fingerprint density at radius 3 is 2.79 bits per heavy atom. The van der Waals surface area contributed by atoms with Gasteiger partial charge in [-0.15, -0.1) is 0 Å². The van der Waals surface area contributed by atoms with Crippen LogP contribution in [0.2, 0.25) is 0 Å². The maximum absolute atomic E-state index is 11.7. The van der Waals surface area contributed by atoms with Crippen molar-refractivity contribution in [3.8, 4) is 0 Å². The number of rotatable bonds is 3. The summed E-state index contributed by atoms with van der Waals surface area (Å²) in [4.78, 5) is 11.5. The Hall–Kier alpha value is -0.950. The Balaban J connectivity index is 2.45. The predicted octanol–water partition coefficient (Wildman–Crippen LogP) is 0.339. The first kappa shape index (κ1) is 11.1. The first-order valence-electron chi connectivity index (χ1n) is 4.08. The van der Waals surface area contributed by atoms with Crippen LogP contribution >= 0.6 is 0 Å². The van der Waals surface area contributed by atoms with E-state index in [0.717, 1.165) is 4.90 Å². The largest absolute Gasteiger partial charge is 0.465 e. The number of alkyl halides is 2. The minimum atomic E-state index is -2.91. The van der Waals surface area contributed by atoms with Crippen molar-refractivity contribution in [3.63, 3.8) is 0 Å². The number of halogens is 2. The van der Waals surface area contributed by atoms with Crippen LogP contribution in [-0.4, -0.2) is 53.1 Å². The highest BCUT2D eigenvalue weighted by atomic mass is 19.3. The quantitative estimate of drug-likeness (QED) is 0.706. The highest BCUT2D eigenvalue weighted by molar-refractivity contribution is 5.66. The van der Waals surface area contributed by atoms with Gasteiger partial charge in [0.2, 0.25) is 0 Å². The molecule has 1 saturated heterocycles. The molecule has 1 rings (SSSR count). The Labute approximate surface area is 78.9 Å². The van der Waals surface area contributed by atoms with Gasteiger partial charge >= 0.3 is 12.7 Å². The lowest BCUT2D eigenvalue weighted by Crippen LogP contribution is -2.37. The molecule has 1 aliphatic heterocycles. The summed E-state index contributed by atoms with van der Waals surface area (Å²) in [5.74, 6) is 0. The molecule has 0 spiro atoms. The van der Waals surface area contributed by atoms with Gasteiger partial charge < -0.3 is 19.8 Å². The van der Waals surface area contributed by atoms with Gasteiger partial charge in [-0.05, 0) is 6.42 Å². The van der Waals surface area contributed by atoms with Crippen molar-refractivity contribution >= 4 is 6.09 Å². The summed E-state index contributed by atoms with van der Waals surface area (Å²) in [7, 11) is 0. The molecule has 1 amide bonds. The summed E-state index contributed by atoms with van der Waals surface area (Å²) in [6, 6.07) is -0.684. The molecule has 0 unspecified atom stereocenters. The number of amides is 1. The molecule has 0 aromatic heterocycles. The summed E-state index contributed by atoms with van der Waals surface area (Å²) >= 11 is 0. The molecule has 14 heavy (non-hydrogen) atoms. The van der Waals surface area contributed by atoms with Gasteiger partial charge in [-0.2, -0.15) is 8.78 Å². The summed E-state index contributed by atoms with van der Waals surface area (Å²) in [5.41, 5.74) is 0. The molecular weight excluding hydrogens is 200 g/mol. The Morgan fingerprint density at radius 1 is 1.64 bits per heavy atom. The topological polar surface area (TPSA) is 70.0 Å². The van der Waals surface area contributed by atoms with Crippen LogP contribution in [0.3, 0.4) is 0 Å². The van der Waals surface area contributed by atoms with E-state index in [1.807, 2.05) is 0 Å². The number of aliphatic hydroxyl groups is 1. The standard InChI is InChI=1S/C7H11F2NO4/c8-6(9)14-3-4-1-5(11)2-10(4)7(12)13/h4-6,11H,1-3H2,(H,12,13)/t4-,5-/m0/s1. The zero-order valence-electron chi connectivity index (χ0n) is 7.27. The Morgan fingerprint density at radius 2 is 2.29 bits per heavy atom. The van der Waals surface area contributed by atoms with Gasteiger partial charge in [0.15, 0.2) is 0 Å². The number of ether oxygens (including phenoxy) is 1. The second kappa shape index (κ2) is 4.52. The number of hydrogen-bond donors (Lipinski definition) is 2. The molecule has 1 fully saturated rings. The molecule has 0 saturated carbocycles. The lowest BCUT2D eigenvalue weighted by atomic mass is 10.2. The number of nitrogens with zero attached hydrogens (tertiary/aromatic N) is 1. The van der Waals surface area contributed by atoms with Gasteiger partial charge in [0.25, 0.3) is 0 Å². The number of carbonyl (C=O) groups is 1. The first-order chi connectivity index (χ1) is 6.50. The monoisotopic (exact) mass is 211 g/mol. The van der Waals surface area contributed by atoms with Crippen LogP contribution in [-0.2, 0) is 4.74 Å². The van der Waals surface area contributed by atoms with E-state index in [2.05, 4.69) is 4.74 Å². The van der Waals surface area contributed by atoms with Crippen molar-refractivity contribution in [1.82, 2.24) is 4.90 Å². The van der Waals surface area contributed by atoms with Gasteiger partial charge in [0.1, 0.15) is 0 Å². The van der Waals surface area contributed by atoms with Crippen molar-refractivity contribution in [2.75, 3.05) is 13.2 Å². The fraction of sp³-hybridized carbons (Fsp3) is 0.857. The summed E-state index contributed by atoms with van der Waals surface area (Å²) in [6.07, 6.45) is -1.89. The van der Waals surface area contributed by atoms with Crippen molar-refractivity contribution < 1.29 is 28.5 Å². The van der Waals surface area contributed by atoms with Gasteiger partial charge in [-0.1, -0.05) is 0 Å². The van der Waals surface area contributed by atoms with Crippen LogP contribution in [0, 0.1) is 0 Å². The van der Waals surface area contributed by atoms with Crippen LogP contribution in [0.1, 0.15) is 6.42 Å². The molecule has 2 N–H and O–H groups in total. The zero-order chi connectivity index (χ0) is 10.7. The van der Waals surface area contributed by atoms with E-state index < -0.39 is 24.9 Å². The minimum absolute atomic E-state index is 0.0490. The van der Waals surface area contributed by atoms with Crippen molar-refractivity contribution in [3.05, 3.63) is 0 Å². The number of carboxylic acid groups (broad SMARTS) is 1. The summed E-state index contributed by atoms with van der Waals surface area (Å²) in [6.45, 7) is -3.35.